The number of nitrogens with zero attached hydrogens (tertiary/aromatic N) is 1. The quantitative estimate of drug-likeness (QED) is 0.667. The molecule has 0 bridgehead atoms. The molecule has 0 spiro atoms. The molecule has 0 radical (unpaired) electrons. The lowest BCUT2D eigenvalue weighted by atomic mass is 10.1. The molecule has 0 unspecified atom stereocenters. The van der Waals surface area contributed by atoms with Crippen LogP contribution >= 0.6 is 11.6 Å². The van der Waals surface area contributed by atoms with E-state index in [1.807, 2.05) is 0 Å². The number of rotatable bonds is 10. The lowest BCUT2D eigenvalue weighted by molar-refractivity contribution is 0.199. The Morgan fingerprint density at radius 1 is 1.20 bits per heavy atom. The summed E-state index contributed by atoms with van der Waals surface area (Å²) >= 11 is 6.44. The van der Waals surface area contributed by atoms with Gasteiger partial charge in [0.2, 0.25) is 0 Å². The average Bonchev–Trinajstić information content (AvgIpc) is 2.44. The van der Waals surface area contributed by atoms with E-state index < -0.39 is 0 Å². The lowest BCUT2D eigenvalue weighted by Crippen LogP contribution is -2.25. The fraction of sp³-hybridized carbons (Fsp3) is 0.625. The van der Waals surface area contributed by atoms with Crippen LogP contribution in [0.5, 0.6) is 0 Å². The van der Waals surface area contributed by atoms with Crippen molar-refractivity contribution in [3.63, 3.8) is 0 Å². The van der Waals surface area contributed by atoms with Gasteiger partial charge in [0.25, 0.3) is 0 Å². The third-order valence-corrected chi connectivity index (χ3v) is 3.45. The van der Waals surface area contributed by atoms with E-state index in [1.165, 1.54) is 5.56 Å². The summed E-state index contributed by atoms with van der Waals surface area (Å²) in [5, 5.41) is 4.18. The Bertz CT molecular complexity index is 379. The van der Waals surface area contributed by atoms with Crippen LogP contribution in [0.3, 0.4) is 0 Å². The smallest absolute Gasteiger partial charge is 0.0642 e. The SMILES string of the molecule is CCCN(CCC)c1ccc(CNCCOC)cc1Cl. The van der Waals surface area contributed by atoms with Crippen LogP contribution < -0.4 is 10.2 Å². The molecule has 1 aromatic carbocycles. The van der Waals surface area contributed by atoms with Crippen LogP contribution in [0.25, 0.3) is 0 Å². The van der Waals surface area contributed by atoms with Crippen LogP contribution in [0.1, 0.15) is 32.3 Å². The lowest BCUT2D eigenvalue weighted by Gasteiger charge is -2.25. The molecule has 0 aliphatic rings. The highest BCUT2D eigenvalue weighted by Crippen LogP contribution is 2.27. The summed E-state index contributed by atoms with van der Waals surface area (Å²) in [6.45, 7) is 8.92. The molecule has 3 nitrogen and oxygen atoms in total. The predicted octanol–water partition coefficient (Wildman–Crippen LogP) is 3.70. The van der Waals surface area contributed by atoms with Crippen LogP contribution in [0.15, 0.2) is 18.2 Å². The molecule has 1 aromatic rings. The second-order valence-corrected chi connectivity index (χ2v) is 5.35. The minimum absolute atomic E-state index is 0.729. The second kappa shape index (κ2) is 10.0. The number of nitrogens with one attached hydrogen (secondary N) is 1. The first kappa shape index (κ1) is 17.3. The second-order valence-electron chi connectivity index (χ2n) is 4.94. The van der Waals surface area contributed by atoms with E-state index in [0.29, 0.717) is 0 Å². The van der Waals surface area contributed by atoms with E-state index in [4.69, 9.17) is 16.3 Å². The first-order valence-corrected chi connectivity index (χ1v) is 7.83. The van der Waals surface area contributed by atoms with Gasteiger partial charge in [-0.3, -0.25) is 0 Å². The standard InChI is InChI=1S/C16H27ClN2O/c1-4-9-19(10-5-2)16-7-6-14(12-15(16)17)13-18-8-11-20-3/h6-7,12,18H,4-5,8-11,13H2,1-3H3. The molecule has 0 aliphatic heterocycles. The van der Waals surface area contributed by atoms with Crippen molar-refractivity contribution in [2.75, 3.05) is 38.3 Å². The summed E-state index contributed by atoms with van der Waals surface area (Å²) in [4.78, 5) is 2.37. The largest absolute Gasteiger partial charge is 0.383 e. The summed E-state index contributed by atoms with van der Waals surface area (Å²) in [5.74, 6) is 0. The monoisotopic (exact) mass is 298 g/mol. The number of ether oxygens (including phenoxy) is 1. The van der Waals surface area contributed by atoms with E-state index in [1.54, 1.807) is 7.11 Å². The van der Waals surface area contributed by atoms with E-state index in [-0.39, 0.29) is 0 Å². The van der Waals surface area contributed by atoms with E-state index in [0.717, 1.165) is 56.3 Å². The number of anilines is 1. The van der Waals surface area contributed by atoms with Gasteiger partial charge < -0.3 is 15.0 Å². The number of benzene rings is 1. The first-order chi connectivity index (χ1) is 9.72. The van der Waals surface area contributed by atoms with Gasteiger partial charge in [0.05, 0.1) is 17.3 Å². The van der Waals surface area contributed by atoms with E-state index in [2.05, 4.69) is 42.3 Å². The van der Waals surface area contributed by atoms with Crippen LogP contribution in [-0.4, -0.2) is 33.4 Å². The molecule has 1 N–H and O–H groups in total. The molecule has 114 valence electrons. The Kier molecular flexibility index (Phi) is 8.67. The Labute approximate surface area is 128 Å². The van der Waals surface area contributed by atoms with Crippen molar-refractivity contribution < 1.29 is 4.74 Å². The summed E-state index contributed by atoms with van der Waals surface area (Å²) in [6.07, 6.45) is 2.27. The molecule has 4 heteroatoms. The zero-order valence-electron chi connectivity index (χ0n) is 12.9. The average molecular weight is 299 g/mol. The normalized spacial score (nSPS) is 10.8. The minimum atomic E-state index is 0.729. The molecular formula is C16H27ClN2O. The molecule has 0 saturated heterocycles. The zero-order valence-corrected chi connectivity index (χ0v) is 13.7. The van der Waals surface area contributed by atoms with Crippen LogP contribution in [-0.2, 0) is 11.3 Å². The first-order valence-electron chi connectivity index (χ1n) is 7.45. The highest BCUT2D eigenvalue weighted by atomic mass is 35.5. The van der Waals surface area contributed by atoms with Crippen LogP contribution in [0.2, 0.25) is 5.02 Å². The van der Waals surface area contributed by atoms with Crippen molar-refractivity contribution in [3.05, 3.63) is 28.8 Å². The third-order valence-electron chi connectivity index (χ3n) is 3.15. The number of methoxy groups -OCH3 is 1. The Hall–Kier alpha value is -0.770. The molecule has 20 heavy (non-hydrogen) atoms. The maximum absolute atomic E-state index is 6.44. The summed E-state index contributed by atoms with van der Waals surface area (Å²) in [5.41, 5.74) is 2.36. The highest BCUT2D eigenvalue weighted by molar-refractivity contribution is 6.33. The topological polar surface area (TPSA) is 24.5 Å². The van der Waals surface area contributed by atoms with Gasteiger partial charge in [-0.05, 0) is 30.5 Å². The summed E-state index contributed by atoms with van der Waals surface area (Å²) < 4.78 is 5.01. The van der Waals surface area contributed by atoms with Gasteiger partial charge >= 0.3 is 0 Å². The van der Waals surface area contributed by atoms with Gasteiger partial charge in [0.1, 0.15) is 0 Å². The van der Waals surface area contributed by atoms with Gasteiger partial charge in [0.15, 0.2) is 0 Å². The van der Waals surface area contributed by atoms with Crippen molar-refractivity contribution >= 4 is 17.3 Å². The predicted molar refractivity (Wildman–Crippen MR) is 87.8 cm³/mol. The molecule has 1 rings (SSSR count). The van der Waals surface area contributed by atoms with Crippen molar-refractivity contribution in [1.82, 2.24) is 5.32 Å². The van der Waals surface area contributed by atoms with Crippen LogP contribution in [0.4, 0.5) is 5.69 Å². The van der Waals surface area contributed by atoms with Gasteiger partial charge in [-0.1, -0.05) is 31.5 Å². The van der Waals surface area contributed by atoms with E-state index >= 15 is 0 Å². The number of halogens is 1. The molecular weight excluding hydrogens is 272 g/mol. The summed E-state index contributed by atoms with van der Waals surface area (Å²) in [7, 11) is 1.71. The van der Waals surface area contributed by atoms with Crippen molar-refractivity contribution in [2.45, 2.75) is 33.2 Å². The van der Waals surface area contributed by atoms with Gasteiger partial charge in [-0.15, -0.1) is 0 Å². The minimum Gasteiger partial charge on any atom is -0.383 e. The summed E-state index contributed by atoms with van der Waals surface area (Å²) in [6, 6.07) is 6.36. The Morgan fingerprint density at radius 2 is 1.90 bits per heavy atom. The fourth-order valence-corrected chi connectivity index (χ4v) is 2.54. The maximum atomic E-state index is 6.44. The molecule has 0 amide bonds. The molecule has 0 atom stereocenters. The molecule has 0 aliphatic carbocycles. The van der Waals surface area contributed by atoms with Gasteiger partial charge in [-0.25, -0.2) is 0 Å². The molecule has 0 aromatic heterocycles. The zero-order chi connectivity index (χ0) is 14.8. The van der Waals surface area contributed by atoms with E-state index in [9.17, 15) is 0 Å². The van der Waals surface area contributed by atoms with Gasteiger partial charge in [-0.2, -0.15) is 0 Å². The molecule has 0 fully saturated rings. The Balaban J connectivity index is 2.65. The van der Waals surface area contributed by atoms with Gasteiger partial charge in [0, 0.05) is 33.3 Å². The molecule has 0 heterocycles. The molecule has 0 saturated carbocycles. The number of hydrogen-bond acceptors (Lipinski definition) is 3. The van der Waals surface area contributed by atoms with Crippen LogP contribution in [0, 0.1) is 0 Å². The maximum Gasteiger partial charge on any atom is 0.0642 e. The Morgan fingerprint density at radius 3 is 2.45 bits per heavy atom. The van der Waals surface area contributed by atoms with Crippen molar-refractivity contribution in [3.8, 4) is 0 Å². The number of hydrogen-bond donors (Lipinski definition) is 1. The fourth-order valence-electron chi connectivity index (χ4n) is 2.22. The third kappa shape index (κ3) is 5.70. The highest BCUT2D eigenvalue weighted by Gasteiger charge is 2.09. The van der Waals surface area contributed by atoms with Crippen molar-refractivity contribution in [2.24, 2.45) is 0 Å². The van der Waals surface area contributed by atoms with Crippen molar-refractivity contribution in [1.29, 1.82) is 0 Å².